The summed E-state index contributed by atoms with van der Waals surface area (Å²) in [5.41, 5.74) is 4.70. The molecule has 0 unspecified atom stereocenters. The number of carbonyl (C=O) groups is 1. The predicted octanol–water partition coefficient (Wildman–Crippen LogP) is 5.62. The summed E-state index contributed by atoms with van der Waals surface area (Å²) in [4.78, 5) is 20.5. The van der Waals surface area contributed by atoms with Crippen molar-refractivity contribution in [3.05, 3.63) is 48.1 Å². The third-order valence-electron chi connectivity index (χ3n) is 9.54. The second kappa shape index (κ2) is 7.03. The van der Waals surface area contributed by atoms with E-state index in [1.54, 1.807) is 5.57 Å². The number of hydrogen-bond acceptors (Lipinski definition) is 4. The van der Waals surface area contributed by atoms with Crippen LogP contribution in [0.15, 0.2) is 42.4 Å². The van der Waals surface area contributed by atoms with E-state index in [-0.39, 0.29) is 22.9 Å². The van der Waals surface area contributed by atoms with Crippen molar-refractivity contribution in [3.8, 4) is 0 Å². The van der Waals surface area contributed by atoms with Crippen LogP contribution in [0.2, 0.25) is 0 Å². The van der Waals surface area contributed by atoms with Crippen molar-refractivity contribution in [1.29, 1.82) is 0 Å². The van der Waals surface area contributed by atoms with Crippen LogP contribution in [0.4, 0.5) is 0 Å². The molecule has 0 spiro atoms. The molecule has 2 saturated carbocycles. The molecule has 2 fully saturated rings. The predicted molar refractivity (Wildman–Crippen MR) is 124 cm³/mol. The van der Waals surface area contributed by atoms with Crippen LogP contribution in [0.25, 0.3) is 11.4 Å². The third kappa shape index (κ3) is 2.79. The molecule has 0 saturated heterocycles. The van der Waals surface area contributed by atoms with Crippen LogP contribution in [-0.4, -0.2) is 26.4 Å². The van der Waals surface area contributed by atoms with Gasteiger partial charge in [0.2, 0.25) is 5.78 Å². The van der Waals surface area contributed by atoms with Gasteiger partial charge in [0.15, 0.2) is 0 Å². The Kier molecular flexibility index (Phi) is 4.44. The molecule has 5 nitrogen and oxygen atoms in total. The van der Waals surface area contributed by atoms with Crippen LogP contribution < -0.4 is 0 Å². The molecule has 4 aliphatic rings. The number of nitrogens with zero attached hydrogens (tertiary/aromatic N) is 3. The zero-order chi connectivity index (χ0) is 22.1. The molecule has 0 aliphatic heterocycles. The van der Waals surface area contributed by atoms with E-state index < -0.39 is 0 Å². The van der Waals surface area contributed by atoms with Crippen molar-refractivity contribution >= 4 is 17.3 Å². The molecule has 0 amide bonds. The lowest BCUT2D eigenvalue weighted by atomic mass is 9.47. The molecule has 2 heterocycles. The zero-order valence-corrected chi connectivity index (χ0v) is 19.4. The fraction of sp³-hybridized carbons (Fsp3) is 0.593. The third-order valence-corrected chi connectivity index (χ3v) is 9.54. The Morgan fingerprint density at radius 3 is 2.78 bits per heavy atom. The van der Waals surface area contributed by atoms with Gasteiger partial charge in [-0.15, -0.1) is 0 Å². The largest absolute Gasteiger partial charge is 0.462 e. The Balaban J connectivity index is 1.30. The Morgan fingerprint density at radius 1 is 1.09 bits per heavy atom. The van der Waals surface area contributed by atoms with Crippen LogP contribution in [0.5, 0.6) is 0 Å². The summed E-state index contributed by atoms with van der Waals surface area (Å²) in [6, 6.07) is 1.99. The average molecular weight is 432 g/mol. The van der Waals surface area contributed by atoms with Crippen LogP contribution in [0, 0.1) is 28.6 Å². The summed E-state index contributed by atoms with van der Waals surface area (Å²) >= 11 is 0. The van der Waals surface area contributed by atoms with Gasteiger partial charge in [0.25, 0.3) is 0 Å². The number of aromatic nitrogens is 3. The minimum absolute atomic E-state index is 0.0701. The molecule has 4 aliphatic carbocycles. The summed E-state index contributed by atoms with van der Waals surface area (Å²) in [5.74, 6) is 2.77. The lowest BCUT2D eigenvalue weighted by Crippen LogP contribution is -2.50. The second-order valence-corrected chi connectivity index (χ2v) is 11.0. The molecule has 32 heavy (non-hydrogen) atoms. The molecular formula is C27H33N3O2. The van der Waals surface area contributed by atoms with E-state index >= 15 is 0 Å². The summed E-state index contributed by atoms with van der Waals surface area (Å²) in [6.07, 6.45) is 18.9. The van der Waals surface area contributed by atoms with E-state index in [9.17, 15) is 4.79 Å². The lowest BCUT2D eigenvalue weighted by Gasteiger charge is -2.57. The molecule has 6 atom stereocenters. The van der Waals surface area contributed by atoms with Gasteiger partial charge >= 0.3 is 5.97 Å². The quantitative estimate of drug-likeness (QED) is 0.458. The van der Waals surface area contributed by atoms with E-state index in [1.165, 1.54) is 37.5 Å². The van der Waals surface area contributed by atoms with Gasteiger partial charge in [-0.1, -0.05) is 31.6 Å². The standard InChI is InChI=1S/C27H33N3O2/c1-17(31)32-19-9-11-26(2)18(15-19)5-6-20-21-7-8-23(27(21,3)12-10-22(20)26)24-16-29-25-28-13-4-14-30(24)25/h4-5,8,13-14,16,19-22H,6-7,9-12,15H2,1-3H3/t19-,20+,21+,22+,26+,27+/m1/s1. The van der Waals surface area contributed by atoms with E-state index in [1.807, 2.05) is 18.5 Å². The summed E-state index contributed by atoms with van der Waals surface area (Å²) < 4.78 is 7.75. The average Bonchev–Trinajstić information content (AvgIpc) is 3.34. The maximum atomic E-state index is 11.5. The van der Waals surface area contributed by atoms with Crippen LogP contribution in [-0.2, 0) is 9.53 Å². The smallest absolute Gasteiger partial charge is 0.302 e. The van der Waals surface area contributed by atoms with Crippen molar-refractivity contribution in [2.45, 2.75) is 71.8 Å². The number of rotatable bonds is 2. The maximum Gasteiger partial charge on any atom is 0.302 e. The number of imidazole rings is 1. The van der Waals surface area contributed by atoms with Gasteiger partial charge in [-0.05, 0) is 78.7 Å². The highest BCUT2D eigenvalue weighted by atomic mass is 16.5. The fourth-order valence-electron chi connectivity index (χ4n) is 7.95. The highest BCUT2D eigenvalue weighted by Gasteiger charge is 2.57. The highest BCUT2D eigenvalue weighted by molar-refractivity contribution is 5.72. The molecule has 168 valence electrons. The molecule has 0 radical (unpaired) electrons. The first-order valence-electron chi connectivity index (χ1n) is 12.3. The Hall–Kier alpha value is -2.43. The Labute approximate surface area is 190 Å². The summed E-state index contributed by atoms with van der Waals surface area (Å²) in [7, 11) is 0. The molecule has 2 aromatic heterocycles. The van der Waals surface area contributed by atoms with Crippen molar-refractivity contribution in [1.82, 2.24) is 14.4 Å². The van der Waals surface area contributed by atoms with Crippen LogP contribution >= 0.6 is 0 Å². The number of esters is 1. The summed E-state index contributed by atoms with van der Waals surface area (Å²) in [6.45, 7) is 6.54. The number of carbonyl (C=O) groups excluding carboxylic acids is 1. The van der Waals surface area contributed by atoms with E-state index in [0.29, 0.717) is 5.92 Å². The topological polar surface area (TPSA) is 56.5 Å². The van der Waals surface area contributed by atoms with Gasteiger partial charge in [-0.2, -0.15) is 0 Å². The minimum Gasteiger partial charge on any atom is -0.462 e. The van der Waals surface area contributed by atoms with E-state index in [4.69, 9.17) is 4.74 Å². The summed E-state index contributed by atoms with van der Waals surface area (Å²) in [5, 5.41) is 0. The van der Waals surface area contributed by atoms with Gasteiger partial charge in [0.05, 0.1) is 11.9 Å². The molecule has 6 rings (SSSR count). The van der Waals surface area contributed by atoms with Crippen LogP contribution in [0.3, 0.4) is 0 Å². The molecule has 0 N–H and O–H groups in total. The number of ether oxygens (including phenoxy) is 1. The van der Waals surface area contributed by atoms with E-state index in [0.717, 1.165) is 43.3 Å². The number of hydrogen-bond donors (Lipinski definition) is 0. The molecular weight excluding hydrogens is 398 g/mol. The van der Waals surface area contributed by atoms with Crippen molar-refractivity contribution < 1.29 is 9.53 Å². The number of allylic oxidation sites excluding steroid dienone is 3. The van der Waals surface area contributed by atoms with Gasteiger partial charge < -0.3 is 4.74 Å². The normalized spacial score (nSPS) is 38.3. The first-order valence-corrected chi connectivity index (χ1v) is 12.3. The van der Waals surface area contributed by atoms with Gasteiger partial charge in [-0.25, -0.2) is 9.97 Å². The molecule has 0 aromatic carbocycles. The Morgan fingerprint density at radius 2 is 1.94 bits per heavy atom. The second-order valence-electron chi connectivity index (χ2n) is 11.0. The maximum absolute atomic E-state index is 11.5. The van der Waals surface area contributed by atoms with Gasteiger partial charge in [0, 0.05) is 25.7 Å². The molecule has 0 bridgehead atoms. The van der Waals surface area contributed by atoms with Crippen molar-refractivity contribution in [2.75, 3.05) is 0 Å². The monoisotopic (exact) mass is 431 g/mol. The van der Waals surface area contributed by atoms with E-state index in [2.05, 4.69) is 46.6 Å². The molecule has 5 heteroatoms. The highest BCUT2D eigenvalue weighted by Crippen LogP contribution is 2.66. The van der Waals surface area contributed by atoms with Gasteiger partial charge in [-0.3, -0.25) is 9.20 Å². The number of fused-ring (bicyclic) bond motifs is 6. The minimum atomic E-state index is -0.145. The Bertz CT molecular complexity index is 1150. The SMILES string of the molecule is CC(=O)O[C@@H]1CC[C@@]2(C)C(=CC[C@@H]3[C@@H]2CC[C@]2(C)C(c4cnc5ncccn45)=CC[C@@H]32)C1. The lowest BCUT2D eigenvalue weighted by molar-refractivity contribution is -0.148. The van der Waals surface area contributed by atoms with Crippen LogP contribution in [0.1, 0.15) is 71.4 Å². The first-order chi connectivity index (χ1) is 15.4. The zero-order valence-electron chi connectivity index (χ0n) is 19.4. The molecule has 2 aromatic rings. The van der Waals surface area contributed by atoms with Crippen molar-refractivity contribution in [2.24, 2.45) is 28.6 Å². The fourth-order valence-corrected chi connectivity index (χ4v) is 7.95. The van der Waals surface area contributed by atoms with Crippen molar-refractivity contribution in [3.63, 3.8) is 0 Å². The van der Waals surface area contributed by atoms with Gasteiger partial charge in [0.1, 0.15) is 6.10 Å². The first kappa shape index (κ1) is 20.2.